The summed E-state index contributed by atoms with van der Waals surface area (Å²) in [4.78, 5) is 36.8. The van der Waals surface area contributed by atoms with Gasteiger partial charge in [0.25, 0.3) is 5.56 Å². The molecule has 1 fully saturated rings. The highest BCUT2D eigenvalue weighted by atomic mass is 16.6. The summed E-state index contributed by atoms with van der Waals surface area (Å²) in [6.07, 6.45) is -3.55. The summed E-state index contributed by atoms with van der Waals surface area (Å²) in [6.45, 7) is 5.13. The summed E-state index contributed by atoms with van der Waals surface area (Å²) in [5.74, 6) is -0.917. The first-order valence-corrected chi connectivity index (χ1v) is 10.0. The molecule has 2 aromatic heterocycles. The highest BCUT2D eigenvalue weighted by Gasteiger charge is 2.61. The molecule has 6 N–H and O–H groups in total. The molecule has 32 heavy (non-hydrogen) atoms. The zero-order chi connectivity index (χ0) is 23.4. The Labute approximate surface area is 182 Å². The first-order valence-electron chi connectivity index (χ1n) is 10.0. The number of benzene rings is 1. The molecule has 170 valence electrons. The monoisotopic (exact) mass is 443 g/mol. The zero-order valence-corrected chi connectivity index (χ0v) is 17.8. The number of fused-ring (bicyclic) bond motifs is 1. The molecule has 0 spiro atoms. The number of aromatic amines is 1. The molecule has 4 rings (SSSR count). The van der Waals surface area contributed by atoms with Gasteiger partial charge in [-0.1, -0.05) is 45.0 Å². The van der Waals surface area contributed by atoms with Crippen LogP contribution in [0.2, 0.25) is 0 Å². The molecule has 1 saturated heterocycles. The number of carbonyl (C=O) groups is 1. The van der Waals surface area contributed by atoms with Crippen LogP contribution in [0, 0.1) is 0 Å². The van der Waals surface area contributed by atoms with Crippen molar-refractivity contribution < 1.29 is 24.9 Å². The Balaban J connectivity index is 2.03. The van der Waals surface area contributed by atoms with Gasteiger partial charge >= 0.3 is 0 Å². The molecule has 0 amide bonds. The molecule has 3 heterocycles. The minimum Gasteiger partial charge on any atom is -0.394 e. The third-order valence-electron chi connectivity index (χ3n) is 5.70. The molecule has 1 aliphatic heterocycles. The van der Waals surface area contributed by atoms with Crippen LogP contribution in [0.25, 0.3) is 11.2 Å². The Bertz CT molecular complexity index is 1250. The van der Waals surface area contributed by atoms with E-state index in [4.69, 9.17) is 10.5 Å². The van der Waals surface area contributed by atoms with E-state index < -0.39 is 47.4 Å². The van der Waals surface area contributed by atoms with Crippen molar-refractivity contribution in [3.05, 3.63) is 52.1 Å². The summed E-state index contributed by atoms with van der Waals surface area (Å²) in [5.41, 5.74) is 3.03. The van der Waals surface area contributed by atoms with Crippen LogP contribution in [0.5, 0.6) is 0 Å². The Morgan fingerprint density at radius 1 is 1.31 bits per heavy atom. The molecule has 4 atom stereocenters. The van der Waals surface area contributed by atoms with Gasteiger partial charge in [-0.15, -0.1) is 0 Å². The number of aromatic nitrogens is 4. The van der Waals surface area contributed by atoms with Crippen molar-refractivity contribution in [2.75, 3.05) is 12.3 Å². The Hall–Kier alpha value is -3.12. The van der Waals surface area contributed by atoms with Gasteiger partial charge in [0.1, 0.15) is 24.6 Å². The van der Waals surface area contributed by atoms with Crippen LogP contribution in [-0.2, 0) is 15.9 Å². The lowest BCUT2D eigenvalue weighted by molar-refractivity contribution is -0.113. The minimum atomic E-state index is -2.25. The van der Waals surface area contributed by atoms with Crippen LogP contribution >= 0.6 is 0 Å². The predicted octanol–water partition coefficient (Wildman–Crippen LogP) is -0.352. The molecular weight excluding hydrogens is 418 g/mol. The van der Waals surface area contributed by atoms with E-state index >= 15 is 0 Å². The topological polar surface area (TPSA) is 177 Å². The summed E-state index contributed by atoms with van der Waals surface area (Å²) < 4.78 is 6.97. The number of aliphatic hydroxyl groups is 3. The molecule has 11 nitrogen and oxygen atoms in total. The molecule has 1 aromatic carbocycles. The number of aliphatic hydroxyl groups excluding tert-OH is 3. The van der Waals surface area contributed by atoms with Crippen LogP contribution in [0.1, 0.15) is 36.7 Å². The smallest absolute Gasteiger partial charge is 0.280 e. The van der Waals surface area contributed by atoms with E-state index in [9.17, 15) is 24.9 Å². The van der Waals surface area contributed by atoms with Gasteiger partial charge in [-0.05, 0) is 11.0 Å². The number of rotatable bonds is 4. The molecule has 1 aliphatic rings. The van der Waals surface area contributed by atoms with Gasteiger partial charge in [0.2, 0.25) is 17.5 Å². The van der Waals surface area contributed by atoms with E-state index in [2.05, 4.69) is 15.0 Å². The van der Waals surface area contributed by atoms with Crippen LogP contribution in [0.15, 0.2) is 35.4 Å². The Morgan fingerprint density at radius 3 is 2.62 bits per heavy atom. The molecule has 0 radical (unpaired) electrons. The summed E-state index contributed by atoms with van der Waals surface area (Å²) >= 11 is 0. The second-order valence-corrected chi connectivity index (χ2v) is 8.83. The van der Waals surface area contributed by atoms with Gasteiger partial charge < -0.3 is 25.8 Å². The zero-order valence-electron chi connectivity index (χ0n) is 17.8. The van der Waals surface area contributed by atoms with Crippen LogP contribution in [0.4, 0.5) is 5.95 Å². The number of nitrogens with zero attached hydrogens (tertiary/aromatic N) is 3. The van der Waals surface area contributed by atoms with Crippen molar-refractivity contribution >= 4 is 22.9 Å². The van der Waals surface area contributed by atoms with Crippen LogP contribution in [-0.4, -0.2) is 65.5 Å². The molecule has 0 aliphatic carbocycles. The number of nitrogens with one attached hydrogen (secondary N) is 1. The number of anilines is 1. The molecule has 11 heteroatoms. The third-order valence-corrected chi connectivity index (χ3v) is 5.70. The van der Waals surface area contributed by atoms with E-state index in [1.54, 1.807) is 24.3 Å². The molecule has 3 aromatic rings. The number of imidazole rings is 1. The van der Waals surface area contributed by atoms with Crippen molar-refractivity contribution in [1.29, 1.82) is 0 Å². The van der Waals surface area contributed by atoms with Gasteiger partial charge in [-0.3, -0.25) is 19.1 Å². The van der Waals surface area contributed by atoms with Gasteiger partial charge in [0.05, 0.1) is 6.61 Å². The van der Waals surface area contributed by atoms with Crippen molar-refractivity contribution in [2.45, 2.75) is 50.2 Å². The average molecular weight is 443 g/mol. The Morgan fingerprint density at radius 2 is 2.00 bits per heavy atom. The highest BCUT2D eigenvalue weighted by Crippen LogP contribution is 2.41. The lowest BCUT2D eigenvalue weighted by atomic mass is 9.80. The number of ether oxygens (including phenoxy) is 1. The van der Waals surface area contributed by atoms with Gasteiger partial charge in [-0.2, -0.15) is 4.98 Å². The summed E-state index contributed by atoms with van der Waals surface area (Å²) in [7, 11) is 0. The predicted molar refractivity (Wildman–Crippen MR) is 114 cm³/mol. The third kappa shape index (κ3) is 3.13. The van der Waals surface area contributed by atoms with Crippen molar-refractivity contribution in [1.82, 2.24) is 19.5 Å². The number of carbonyl (C=O) groups excluding carboxylic acids is 1. The van der Waals surface area contributed by atoms with E-state index in [0.29, 0.717) is 5.56 Å². The number of nitrogen functional groups attached to an aromatic ring is 1. The van der Waals surface area contributed by atoms with Gasteiger partial charge in [-0.25, -0.2) is 4.98 Å². The van der Waals surface area contributed by atoms with Crippen molar-refractivity contribution in [3.63, 3.8) is 0 Å². The molecule has 0 bridgehead atoms. The lowest BCUT2D eigenvalue weighted by Crippen LogP contribution is -2.52. The van der Waals surface area contributed by atoms with E-state index in [1.807, 2.05) is 20.8 Å². The molecular formula is C21H25N5O6. The second kappa shape index (κ2) is 7.48. The van der Waals surface area contributed by atoms with Crippen LogP contribution in [0.3, 0.4) is 0 Å². The quantitative estimate of drug-likeness (QED) is 0.337. The largest absolute Gasteiger partial charge is 0.394 e. The van der Waals surface area contributed by atoms with Crippen LogP contribution < -0.4 is 11.3 Å². The summed E-state index contributed by atoms with van der Waals surface area (Å²) in [6, 6.07) is 6.84. The Kier molecular flexibility index (Phi) is 5.17. The number of hydrogen-bond acceptors (Lipinski definition) is 9. The van der Waals surface area contributed by atoms with Crippen molar-refractivity contribution in [2.24, 2.45) is 0 Å². The fraction of sp³-hybridized carbons (Fsp3) is 0.429. The fourth-order valence-electron chi connectivity index (χ4n) is 4.14. The number of hydrogen-bond donors (Lipinski definition) is 5. The number of Topliss-reactive ketones (excluding diaryl/α,β-unsaturated/α-hetero) is 1. The second-order valence-electron chi connectivity index (χ2n) is 8.83. The average Bonchev–Trinajstić information content (AvgIpc) is 3.27. The number of nitrogens with two attached hydrogens (primary N) is 1. The first-order chi connectivity index (χ1) is 15.0. The van der Waals surface area contributed by atoms with Gasteiger partial charge in [0, 0.05) is 5.56 Å². The fourth-order valence-corrected chi connectivity index (χ4v) is 4.14. The minimum absolute atomic E-state index is 0.113. The van der Waals surface area contributed by atoms with E-state index in [-0.39, 0.29) is 22.7 Å². The SMILES string of the molecule is CC(C)(C)c1ccccc1C(=O)[C@@]1(n2cnc3c(=O)[nH]c(N)nc32)O[C@H](CO)[C@@H](O)[C@H]1O. The normalized spacial score (nSPS) is 26.0. The van der Waals surface area contributed by atoms with Gasteiger partial charge in [0.15, 0.2) is 11.2 Å². The maximum Gasteiger partial charge on any atom is 0.280 e. The molecule has 0 saturated carbocycles. The number of H-pyrrole nitrogens is 1. The maximum atomic E-state index is 14.1. The maximum absolute atomic E-state index is 14.1. The highest BCUT2D eigenvalue weighted by molar-refractivity contribution is 6.03. The molecule has 0 unspecified atom stereocenters. The first kappa shape index (κ1) is 22.1. The van der Waals surface area contributed by atoms with E-state index in [1.165, 1.54) is 0 Å². The number of ketones is 1. The van der Waals surface area contributed by atoms with Crippen molar-refractivity contribution in [3.8, 4) is 0 Å². The lowest BCUT2D eigenvalue weighted by Gasteiger charge is -2.34. The van der Waals surface area contributed by atoms with E-state index in [0.717, 1.165) is 10.9 Å². The summed E-state index contributed by atoms with van der Waals surface area (Å²) in [5, 5.41) is 31.4. The standard InChI is InChI=1S/C21H25N5O6/c1-20(2,3)11-7-5-4-6-10(11)15(29)21(16(30)14(28)12(8-27)32-21)26-9-23-13-17(26)24-19(22)25-18(13)31/h4-7,9,12,14,16,27-28,30H,8H2,1-3H3,(H3,22,24,25,31)/t12-,14-,16-,21-/m1/s1.